The predicted molar refractivity (Wildman–Crippen MR) is 153 cm³/mol. The lowest BCUT2D eigenvalue weighted by molar-refractivity contribution is -0.126. The number of aromatic nitrogens is 1. The Bertz CT molecular complexity index is 1290. The van der Waals surface area contributed by atoms with Crippen molar-refractivity contribution < 1.29 is 14.4 Å². The zero-order chi connectivity index (χ0) is 28.2. The first kappa shape index (κ1) is 27.4. The first-order valence-electron chi connectivity index (χ1n) is 14.3. The average molecular weight is 544 g/mol. The van der Waals surface area contributed by atoms with Crippen molar-refractivity contribution in [3.8, 4) is 6.07 Å². The van der Waals surface area contributed by atoms with Crippen molar-refractivity contribution in [2.75, 3.05) is 35.3 Å². The second kappa shape index (κ2) is 11.9. The van der Waals surface area contributed by atoms with Crippen LogP contribution in [0.2, 0.25) is 0 Å². The highest BCUT2D eigenvalue weighted by atomic mass is 16.2. The normalized spacial score (nSPS) is 20.4. The molecule has 3 amide bonds. The Kier molecular flexibility index (Phi) is 8.19. The van der Waals surface area contributed by atoms with Gasteiger partial charge < -0.3 is 25.3 Å². The molecule has 40 heavy (non-hydrogen) atoms. The van der Waals surface area contributed by atoms with Gasteiger partial charge in [0.25, 0.3) is 5.91 Å². The summed E-state index contributed by atoms with van der Waals surface area (Å²) in [5, 5.41) is 15.2. The Morgan fingerprint density at radius 3 is 2.30 bits per heavy atom. The monoisotopic (exact) mass is 543 g/mol. The zero-order valence-electron chi connectivity index (χ0n) is 23.2. The van der Waals surface area contributed by atoms with Gasteiger partial charge in [0.15, 0.2) is 11.9 Å². The number of carbonyl (C=O) groups excluding carboxylic acids is 3. The summed E-state index contributed by atoms with van der Waals surface area (Å²) in [6.45, 7) is 2.91. The molecule has 0 radical (unpaired) electrons. The van der Waals surface area contributed by atoms with Crippen molar-refractivity contribution in [2.45, 2.75) is 76.4 Å². The lowest BCUT2D eigenvalue weighted by atomic mass is 10.0. The lowest BCUT2D eigenvalue weighted by Gasteiger charge is -2.43. The number of hydrogen-bond donors (Lipinski definition) is 2. The van der Waals surface area contributed by atoms with Crippen molar-refractivity contribution >= 4 is 40.7 Å². The second-order valence-electron chi connectivity index (χ2n) is 11.0. The number of carbonyl (C=O) groups is 3. The van der Waals surface area contributed by atoms with Gasteiger partial charge in [0, 0.05) is 43.5 Å². The fourth-order valence-electron chi connectivity index (χ4n) is 6.11. The maximum atomic E-state index is 13.1. The molecule has 5 rings (SSSR count). The van der Waals surface area contributed by atoms with Gasteiger partial charge in [0.1, 0.15) is 11.9 Å². The number of rotatable bonds is 5. The SMILES string of the molecule is C[C@@H]1C(=O)N(C)c2ccc(Nc3ccc(C(=O)NC4CCN(C(=O)C#N)CC4)cc3)nc2N1C1CCCCCC1. The number of amides is 3. The summed E-state index contributed by atoms with van der Waals surface area (Å²) in [4.78, 5) is 47.8. The summed E-state index contributed by atoms with van der Waals surface area (Å²) in [6.07, 6.45) is 8.22. The molecule has 0 unspecified atom stereocenters. The molecule has 3 heterocycles. The van der Waals surface area contributed by atoms with E-state index in [0.717, 1.165) is 30.0 Å². The van der Waals surface area contributed by atoms with Gasteiger partial charge in [-0.2, -0.15) is 5.26 Å². The number of pyridine rings is 1. The summed E-state index contributed by atoms with van der Waals surface area (Å²) in [5.74, 6) is 0.931. The van der Waals surface area contributed by atoms with Crippen LogP contribution in [0.25, 0.3) is 0 Å². The molecule has 2 aliphatic heterocycles. The topological polar surface area (TPSA) is 122 Å². The van der Waals surface area contributed by atoms with E-state index >= 15 is 0 Å². The Hall–Kier alpha value is -4.13. The molecule has 1 saturated heterocycles. The van der Waals surface area contributed by atoms with Crippen LogP contribution in [0.15, 0.2) is 36.4 Å². The van der Waals surface area contributed by atoms with E-state index in [1.807, 2.05) is 38.2 Å². The van der Waals surface area contributed by atoms with Gasteiger partial charge in [-0.25, -0.2) is 4.98 Å². The molecule has 1 saturated carbocycles. The molecule has 1 aromatic carbocycles. The first-order valence-corrected chi connectivity index (χ1v) is 14.3. The summed E-state index contributed by atoms with van der Waals surface area (Å²) in [7, 11) is 1.82. The predicted octanol–water partition coefficient (Wildman–Crippen LogP) is 3.96. The van der Waals surface area contributed by atoms with E-state index in [1.165, 1.54) is 30.6 Å². The van der Waals surface area contributed by atoms with Gasteiger partial charge in [-0.05, 0) is 69.0 Å². The van der Waals surface area contributed by atoms with Crippen LogP contribution < -0.4 is 20.4 Å². The minimum absolute atomic E-state index is 0.0310. The molecule has 10 heteroatoms. The van der Waals surface area contributed by atoms with E-state index < -0.39 is 5.91 Å². The van der Waals surface area contributed by atoms with Crippen LogP contribution in [0.4, 0.5) is 23.0 Å². The van der Waals surface area contributed by atoms with Crippen LogP contribution in [-0.4, -0.2) is 65.9 Å². The van der Waals surface area contributed by atoms with Crippen molar-refractivity contribution in [1.29, 1.82) is 5.26 Å². The number of benzene rings is 1. The minimum atomic E-state index is -0.520. The lowest BCUT2D eigenvalue weighted by Crippen LogP contribution is -2.55. The third-order valence-electron chi connectivity index (χ3n) is 8.42. The van der Waals surface area contributed by atoms with Crippen molar-refractivity contribution in [2.24, 2.45) is 0 Å². The van der Waals surface area contributed by atoms with Gasteiger partial charge in [-0.1, -0.05) is 25.7 Å². The molecule has 10 nitrogen and oxygen atoms in total. The summed E-state index contributed by atoms with van der Waals surface area (Å²) >= 11 is 0. The number of likely N-dealkylation sites (tertiary alicyclic amines) is 1. The van der Waals surface area contributed by atoms with Gasteiger partial charge in [0.2, 0.25) is 5.91 Å². The van der Waals surface area contributed by atoms with Crippen LogP contribution in [0, 0.1) is 11.3 Å². The Morgan fingerprint density at radius 1 is 0.975 bits per heavy atom. The number of piperidine rings is 1. The first-order chi connectivity index (χ1) is 19.4. The van der Waals surface area contributed by atoms with Crippen LogP contribution in [-0.2, 0) is 9.59 Å². The number of anilines is 4. The van der Waals surface area contributed by atoms with Crippen molar-refractivity contribution in [3.05, 3.63) is 42.0 Å². The summed E-state index contributed by atoms with van der Waals surface area (Å²) in [6, 6.07) is 12.7. The number of nitrogens with zero attached hydrogens (tertiary/aromatic N) is 5. The fraction of sp³-hybridized carbons (Fsp3) is 0.500. The number of fused-ring (bicyclic) bond motifs is 1. The van der Waals surface area contributed by atoms with E-state index in [2.05, 4.69) is 15.5 Å². The fourth-order valence-corrected chi connectivity index (χ4v) is 6.11. The van der Waals surface area contributed by atoms with E-state index in [9.17, 15) is 14.4 Å². The highest BCUT2D eigenvalue weighted by Gasteiger charge is 2.38. The van der Waals surface area contributed by atoms with E-state index in [-0.39, 0.29) is 23.9 Å². The molecule has 0 spiro atoms. The summed E-state index contributed by atoms with van der Waals surface area (Å²) in [5.41, 5.74) is 2.18. The van der Waals surface area contributed by atoms with Crippen LogP contribution in [0.3, 0.4) is 0 Å². The molecule has 2 aromatic rings. The molecular weight excluding hydrogens is 506 g/mol. The highest BCUT2D eigenvalue weighted by molar-refractivity contribution is 6.04. The van der Waals surface area contributed by atoms with Crippen LogP contribution in [0.5, 0.6) is 0 Å². The van der Waals surface area contributed by atoms with Gasteiger partial charge in [-0.3, -0.25) is 14.4 Å². The third-order valence-corrected chi connectivity index (χ3v) is 8.42. The largest absolute Gasteiger partial charge is 0.349 e. The van der Waals surface area contributed by atoms with Crippen LogP contribution in [0.1, 0.15) is 68.6 Å². The Balaban J connectivity index is 1.26. The molecule has 0 bridgehead atoms. The zero-order valence-corrected chi connectivity index (χ0v) is 23.2. The molecule has 210 valence electrons. The Labute approximate surface area is 235 Å². The smallest absolute Gasteiger partial charge is 0.324 e. The van der Waals surface area contributed by atoms with E-state index in [1.54, 1.807) is 23.1 Å². The molecule has 2 fully saturated rings. The van der Waals surface area contributed by atoms with E-state index in [0.29, 0.717) is 43.4 Å². The number of nitrogens with one attached hydrogen (secondary N) is 2. The quantitative estimate of drug-likeness (QED) is 0.432. The van der Waals surface area contributed by atoms with E-state index in [4.69, 9.17) is 10.2 Å². The molecule has 3 aliphatic rings. The molecule has 1 aromatic heterocycles. The molecular formula is C30H37N7O3. The molecule has 2 N–H and O–H groups in total. The van der Waals surface area contributed by atoms with Crippen LogP contribution >= 0.6 is 0 Å². The number of hydrogen-bond acceptors (Lipinski definition) is 7. The van der Waals surface area contributed by atoms with Crippen molar-refractivity contribution in [1.82, 2.24) is 15.2 Å². The van der Waals surface area contributed by atoms with Crippen molar-refractivity contribution in [3.63, 3.8) is 0 Å². The van der Waals surface area contributed by atoms with Gasteiger partial charge >= 0.3 is 5.91 Å². The number of nitriles is 1. The second-order valence-corrected chi connectivity index (χ2v) is 11.0. The van der Waals surface area contributed by atoms with Gasteiger partial charge in [-0.15, -0.1) is 0 Å². The minimum Gasteiger partial charge on any atom is -0.349 e. The Morgan fingerprint density at radius 2 is 1.65 bits per heavy atom. The highest BCUT2D eigenvalue weighted by Crippen LogP contribution is 2.39. The summed E-state index contributed by atoms with van der Waals surface area (Å²) < 4.78 is 0. The average Bonchev–Trinajstić information content (AvgIpc) is 3.26. The molecule has 1 aliphatic carbocycles. The third kappa shape index (κ3) is 5.74. The molecule has 1 atom stereocenters. The maximum absolute atomic E-state index is 13.1. The maximum Gasteiger partial charge on any atom is 0.324 e. The number of likely N-dealkylation sites (N-methyl/N-ethyl adjacent to an activating group) is 1. The van der Waals surface area contributed by atoms with Gasteiger partial charge in [0.05, 0.1) is 5.69 Å². The standard InChI is InChI=1S/C30H37N7O3/c1-20-30(40)35(2)25-13-14-26(34-28(25)37(20)24-7-5-3-4-6-8-24)32-22-11-9-21(10-12-22)29(39)33-23-15-17-36(18-16-23)27(38)19-31/h9-14,20,23-24H,3-8,15-18H2,1-2H3,(H,32,34)(H,33,39)/t20-/m1/s1.